The normalized spacial score (nSPS) is 10.6. The van der Waals surface area contributed by atoms with Crippen molar-refractivity contribution in [1.29, 1.82) is 0 Å². The highest BCUT2D eigenvalue weighted by atomic mass is 79.9. The largest absolute Gasteiger partial charge is 0.395 e. The topological polar surface area (TPSA) is 59.9 Å². The van der Waals surface area contributed by atoms with E-state index in [4.69, 9.17) is 17.3 Å². The number of aliphatic hydroxyl groups excluding tert-OH is 1. The summed E-state index contributed by atoms with van der Waals surface area (Å²) < 4.78 is 0.977. The Morgan fingerprint density at radius 1 is 1.29 bits per heavy atom. The number of hydrazone groups is 1. The molecule has 0 amide bonds. The molecule has 2 rings (SSSR count). The number of nitrogens with one attached hydrogen (secondary N) is 2. The van der Waals surface area contributed by atoms with Gasteiger partial charge in [-0.1, -0.05) is 34.1 Å². The molecule has 5 nitrogen and oxygen atoms in total. The summed E-state index contributed by atoms with van der Waals surface area (Å²) in [6.45, 7) is 0.733. The molecule has 3 N–H and O–H groups in total. The van der Waals surface area contributed by atoms with Crippen molar-refractivity contribution in [2.75, 3.05) is 30.4 Å². The Balaban J connectivity index is 1.86. The van der Waals surface area contributed by atoms with Crippen LogP contribution in [0.3, 0.4) is 0 Å². The summed E-state index contributed by atoms with van der Waals surface area (Å²) in [5.74, 6) is 0. The average Bonchev–Trinajstić information content (AvgIpc) is 2.55. The van der Waals surface area contributed by atoms with Crippen LogP contribution in [0, 0.1) is 0 Å². The Morgan fingerprint density at radius 3 is 2.71 bits per heavy atom. The number of thiocarbonyl (C=S) groups is 1. The molecule has 0 atom stereocenters. The van der Waals surface area contributed by atoms with Crippen molar-refractivity contribution in [3.63, 3.8) is 0 Å². The number of aliphatic hydroxyl groups is 1. The van der Waals surface area contributed by atoms with E-state index in [1.807, 2.05) is 60.5 Å². The number of hydrogen-bond donors (Lipinski definition) is 3. The van der Waals surface area contributed by atoms with Gasteiger partial charge in [0.25, 0.3) is 0 Å². The van der Waals surface area contributed by atoms with Gasteiger partial charge in [-0.2, -0.15) is 5.10 Å². The summed E-state index contributed by atoms with van der Waals surface area (Å²) in [5.41, 5.74) is 5.67. The van der Waals surface area contributed by atoms with E-state index in [-0.39, 0.29) is 6.61 Å². The Kier molecular flexibility index (Phi) is 7.17. The zero-order valence-electron chi connectivity index (χ0n) is 13.2. The maximum absolute atomic E-state index is 8.95. The van der Waals surface area contributed by atoms with Gasteiger partial charge in [-0.3, -0.25) is 5.43 Å². The second-order valence-electron chi connectivity index (χ2n) is 5.07. The first-order valence-electron chi connectivity index (χ1n) is 7.36. The first-order valence-corrected chi connectivity index (χ1v) is 8.56. The summed E-state index contributed by atoms with van der Waals surface area (Å²) in [5, 5.41) is 16.6. The molecular weight excluding hydrogens is 388 g/mol. The monoisotopic (exact) mass is 406 g/mol. The van der Waals surface area contributed by atoms with Crippen molar-refractivity contribution in [2.45, 2.75) is 0 Å². The van der Waals surface area contributed by atoms with E-state index in [0.717, 1.165) is 21.4 Å². The van der Waals surface area contributed by atoms with Gasteiger partial charge in [-0.15, -0.1) is 0 Å². The number of hydrogen-bond acceptors (Lipinski definition) is 4. The van der Waals surface area contributed by atoms with Gasteiger partial charge < -0.3 is 15.3 Å². The molecule has 0 radical (unpaired) electrons. The number of likely N-dealkylation sites (N-methyl/N-ethyl adjacent to an activating group) is 1. The van der Waals surface area contributed by atoms with Crippen molar-refractivity contribution in [1.82, 2.24) is 5.43 Å². The molecule has 0 saturated heterocycles. The lowest BCUT2D eigenvalue weighted by molar-refractivity contribution is 0.304. The first-order chi connectivity index (χ1) is 11.6. The third-order valence-corrected chi connectivity index (χ3v) is 3.92. The Hall–Kier alpha value is -1.96. The number of halogens is 1. The van der Waals surface area contributed by atoms with Gasteiger partial charge in [0, 0.05) is 29.4 Å². The Bertz CT molecular complexity index is 706. The van der Waals surface area contributed by atoms with E-state index >= 15 is 0 Å². The number of rotatable bonds is 6. The minimum atomic E-state index is 0.131. The summed E-state index contributed by atoms with van der Waals surface area (Å²) in [6, 6.07) is 15.6. The molecule has 0 saturated carbocycles. The molecule has 0 heterocycles. The lowest BCUT2D eigenvalue weighted by atomic mass is 10.2. The fourth-order valence-corrected chi connectivity index (χ4v) is 2.55. The van der Waals surface area contributed by atoms with E-state index in [1.165, 1.54) is 0 Å². The fraction of sp³-hybridized carbons (Fsp3) is 0.176. The molecule has 0 spiro atoms. The van der Waals surface area contributed by atoms with Crippen molar-refractivity contribution < 1.29 is 5.11 Å². The van der Waals surface area contributed by atoms with Crippen LogP contribution in [-0.4, -0.2) is 36.6 Å². The molecule has 0 aliphatic carbocycles. The van der Waals surface area contributed by atoms with Crippen LogP contribution in [0.2, 0.25) is 0 Å². The quantitative estimate of drug-likeness (QED) is 0.390. The number of benzene rings is 2. The molecule has 2 aromatic carbocycles. The Morgan fingerprint density at radius 2 is 2.04 bits per heavy atom. The average molecular weight is 407 g/mol. The summed E-state index contributed by atoms with van der Waals surface area (Å²) in [4.78, 5) is 1.98. The van der Waals surface area contributed by atoms with Crippen molar-refractivity contribution in [3.05, 3.63) is 58.6 Å². The number of anilines is 2. The molecule has 126 valence electrons. The predicted octanol–water partition coefficient (Wildman–Crippen LogP) is 3.20. The SMILES string of the molecule is CN(CCO)c1ccc(/C=N\NC(=S)Nc2cccc(Br)c2)cc1. The highest BCUT2D eigenvalue weighted by molar-refractivity contribution is 9.10. The van der Waals surface area contributed by atoms with Crippen LogP contribution < -0.4 is 15.6 Å². The minimum absolute atomic E-state index is 0.131. The molecule has 24 heavy (non-hydrogen) atoms. The van der Waals surface area contributed by atoms with Crippen LogP contribution in [-0.2, 0) is 0 Å². The van der Waals surface area contributed by atoms with Crippen molar-refractivity contribution >= 4 is 50.8 Å². The highest BCUT2D eigenvalue weighted by Crippen LogP contribution is 2.15. The molecule has 2 aromatic rings. The standard InChI is InChI=1S/C17H19BrN4OS/c1-22(9-10-23)16-7-5-13(6-8-16)12-19-21-17(24)20-15-4-2-3-14(18)11-15/h2-8,11-12,23H,9-10H2,1H3,(H2,20,21,24)/b19-12-. The zero-order valence-corrected chi connectivity index (χ0v) is 15.6. The van der Waals surface area contributed by atoms with Gasteiger partial charge in [0.15, 0.2) is 5.11 Å². The van der Waals surface area contributed by atoms with Gasteiger partial charge in [0.05, 0.1) is 12.8 Å². The summed E-state index contributed by atoms with van der Waals surface area (Å²) in [7, 11) is 1.94. The molecule has 0 aliphatic heterocycles. The first kappa shape index (κ1) is 18.4. The van der Waals surface area contributed by atoms with Crippen molar-refractivity contribution in [2.24, 2.45) is 5.10 Å². The molecule has 0 bridgehead atoms. The van der Waals surface area contributed by atoms with E-state index in [1.54, 1.807) is 6.21 Å². The maximum atomic E-state index is 8.95. The molecule has 0 aromatic heterocycles. The van der Waals surface area contributed by atoms with Crippen LogP contribution in [0.5, 0.6) is 0 Å². The minimum Gasteiger partial charge on any atom is -0.395 e. The lowest BCUT2D eigenvalue weighted by Gasteiger charge is -2.17. The highest BCUT2D eigenvalue weighted by Gasteiger charge is 1.99. The van der Waals surface area contributed by atoms with E-state index in [9.17, 15) is 0 Å². The van der Waals surface area contributed by atoms with Gasteiger partial charge >= 0.3 is 0 Å². The van der Waals surface area contributed by atoms with Gasteiger partial charge in [-0.25, -0.2) is 0 Å². The third kappa shape index (κ3) is 5.92. The lowest BCUT2D eigenvalue weighted by Crippen LogP contribution is -2.23. The van der Waals surface area contributed by atoms with Crippen LogP contribution in [0.15, 0.2) is 58.1 Å². The van der Waals surface area contributed by atoms with Gasteiger partial charge in [-0.05, 0) is 48.1 Å². The summed E-state index contributed by atoms with van der Waals surface area (Å²) in [6.07, 6.45) is 1.70. The Labute approximate surface area is 155 Å². The third-order valence-electron chi connectivity index (χ3n) is 3.23. The molecular formula is C17H19BrN4OS. The van der Waals surface area contributed by atoms with E-state index in [2.05, 4.69) is 31.8 Å². The maximum Gasteiger partial charge on any atom is 0.191 e. The molecule has 0 aliphatic rings. The summed E-state index contributed by atoms with van der Waals surface area (Å²) >= 11 is 8.61. The van der Waals surface area contributed by atoms with Gasteiger partial charge in [0.1, 0.15) is 0 Å². The van der Waals surface area contributed by atoms with Crippen LogP contribution in [0.4, 0.5) is 11.4 Å². The predicted molar refractivity (Wildman–Crippen MR) is 108 cm³/mol. The fourth-order valence-electron chi connectivity index (χ4n) is 1.98. The van der Waals surface area contributed by atoms with Crippen molar-refractivity contribution in [3.8, 4) is 0 Å². The number of nitrogens with zero attached hydrogens (tertiary/aromatic N) is 2. The van der Waals surface area contributed by atoms with E-state index < -0.39 is 0 Å². The molecule has 7 heteroatoms. The molecule has 0 unspecified atom stereocenters. The smallest absolute Gasteiger partial charge is 0.191 e. The van der Waals surface area contributed by atoms with Gasteiger partial charge in [0.2, 0.25) is 0 Å². The zero-order chi connectivity index (χ0) is 17.4. The van der Waals surface area contributed by atoms with Crippen LogP contribution in [0.25, 0.3) is 0 Å². The molecule has 0 fully saturated rings. The second-order valence-corrected chi connectivity index (χ2v) is 6.40. The van der Waals surface area contributed by atoms with Crippen LogP contribution in [0.1, 0.15) is 5.56 Å². The second kappa shape index (κ2) is 9.36. The van der Waals surface area contributed by atoms with Crippen LogP contribution >= 0.6 is 28.1 Å². The van der Waals surface area contributed by atoms with E-state index in [0.29, 0.717) is 11.7 Å².